The van der Waals surface area contributed by atoms with E-state index >= 15 is 0 Å². The van der Waals surface area contributed by atoms with Gasteiger partial charge in [0, 0.05) is 105 Å². The van der Waals surface area contributed by atoms with Crippen LogP contribution < -0.4 is 21.3 Å². The van der Waals surface area contributed by atoms with Crippen LogP contribution in [0.5, 0.6) is 0 Å². The number of alkyl halides is 3. The van der Waals surface area contributed by atoms with E-state index in [1.165, 1.54) is 12.1 Å². The molecule has 78 heavy (non-hydrogen) atoms. The Hall–Kier alpha value is -9.41. The summed E-state index contributed by atoms with van der Waals surface area (Å²) in [6, 6.07) is 25.9. The largest absolute Gasteiger partial charge is 0.416 e. The molecule has 7 heterocycles. The number of carbonyl (C=O) groups excluding carboxylic acids is 2. The third-order valence-electron chi connectivity index (χ3n) is 13.3. The van der Waals surface area contributed by atoms with E-state index < -0.39 is 17.6 Å². The van der Waals surface area contributed by atoms with Crippen LogP contribution in [0.2, 0.25) is 0 Å². The first-order valence-corrected chi connectivity index (χ1v) is 24.9. The number of aromatic amines is 1. The first-order chi connectivity index (χ1) is 37.5. The zero-order valence-electron chi connectivity index (χ0n) is 43.5. The van der Waals surface area contributed by atoms with E-state index in [9.17, 15) is 22.8 Å². The number of H-pyrrole nitrogens is 1. The smallest absolute Gasteiger partial charge is 0.339 e. The highest BCUT2D eigenvalue weighted by molar-refractivity contribution is 6.06. The van der Waals surface area contributed by atoms with Crippen molar-refractivity contribution in [1.29, 1.82) is 0 Å². The summed E-state index contributed by atoms with van der Waals surface area (Å²) >= 11 is 0. The molecule has 19 nitrogen and oxygen atoms in total. The van der Waals surface area contributed by atoms with Crippen LogP contribution in [0.1, 0.15) is 48.5 Å². The molecule has 0 aliphatic carbocycles. The Labute approximate surface area is 446 Å². The zero-order valence-corrected chi connectivity index (χ0v) is 43.5. The third-order valence-corrected chi connectivity index (χ3v) is 13.3. The lowest BCUT2D eigenvalue weighted by atomic mass is 10.0. The number of nitrogens with one attached hydrogen (secondary N) is 5. The van der Waals surface area contributed by atoms with Crippen LogP contribution >= 0.6 is 0 Å². The Balaban J connectivity index is 0.000000185. The number of hydrogen-bond donors (Lipinski definition) is 5. The van der Waals surface area contributed by atoms with Crippen molar-refractivity contribution in [3.05, 3.63) is 167 Å². The predicted molar refractivity (Wildman–Crippen MR) is 294 cm³/mol. The maximum Gasteiger partial charge on any atom is 0.416 e. The van der Waals surface area contributed by atoms with Gasteiger partial charge in [0.1, 0.15) is 11.6 Å². The molecule has 10 aromatic rings. The molecule has 0 bridgehead atoms. The monoisotopic (exact) mass is 1050 g/mol. The van der Waals surface area contributed by atoms with Crippen LogP contribution in [0.3, 0.4) is 0 Å². The number of fused-ring (bicyclic) bond motifs is 2. The van der Waals surface area contributed by atoms with Crippen LogP contribution in [0.15, 0.2) is 128 Å². The number of aryl methyl sites for hydroxylation is 5. The Morgan fingerprint density at radius 1 is 0.628 bits per heavy atom. The second kappa shape index (κ2) is 22.0. The Morgan fingerprint density at radius 2 is 1.22 bits per heavy atom. The Bertz CT molecular complexity index is 3810. The minimum Gasteiger partial charge on any atom is -0.339 e. The van der Waals surface area contributed by atoms with E-state index in [-0.39, 0.29) is 29.3 Å². The summed E-state index contributed by atoms with van der Waals surface area (Å²) in [7, 11) is 5.61. The van der Waals surface area contributed by atoms with Crippen molar-refractivity contribution in [3.63, 3.8) is 0 Å². The number of hydrogen-bond acceptors (Lipinski definition) is 14. The molecule has 0 unspecified atom stereocenters. The minimum absolute atomic E-state index is 0.0681. The van der Waals surface area contributed by atoms with Gasteiger partial charge in [-0.3, -0.25) is 33.9 Å². The number of nitrogens with zero attached hydrogens (tertiary/aromatic N) is 12. The number of anilines is 6. The maximum absolute atomic E-state index is 14.1. The number of benzene rings is 4. The molecule has 396 valence electrons. The molecule has 0 saturated carbocycles. The number of rotatable bonds is 12. The molecule has 1 aliphatic rings. The quantitative estimate of drug-likeness (QED) is 0.0770. The molecule has 2 amide bonds. The van der Waals surface area contributed by atoms with E-state index in [1.54, 1.807) is 77.9 Å². The fraction of sp³-hybridized carbons (Fsp3) is 0.214. The van der Waals surface area contributed by atoms with Gasteiger partial charge in [0.25, 0.3) is 11.8 Å². The van der Waals surface area contributed by atoms with E-state index in [0.717, 1.165) is 63.7 Å². The van der Waals surface area contributed by atoms with E-state index in [4.69, 9.17) is 9.97 Å². The average molecular weight is 1050 g/mol. The standard InChI is InChI=1S/C32H32F3N9O.C24H22N8O/c1-20-6-7-21(15-27(20)39-29-25-18-37-43(3)30(25)41-28(40-29)22-5-4-10-36-17-22)31(45)38-24-9-8-23(26(16-24)32(33,34)35)19-44-13-11-42(2)12-14-44;1-14-5-4-6-18(9-14)28-24(33)16-8-7-15(2)20(10-16)29-22-19-13-27-32(3)23(19)31-21(30-22)17-11-25-26-12-17/h4-10,15-18H,11-14,19H2,1-3H3,(H,38,45)(H,39,40,41);4-13H,1-3H3,(H,25,26)(H,28,33)(H,29,30,31). The highest BCUT2D eigenvalue weighted by atomic mass is 19.4. The third kappa shape index (κ3) is 11.7. The number of halogens is 3. The highest BCUT2D eigenvalue weighted by Gasteiger charge is 2.34. The first-order valence-electron chi connectivity index (χ1n) is 24.9. The van der Waals surface area contributed by atoms with E-state index in [2.05, 4.69) is 61.5 Å². The van der Waals surface area contributed by atoms with Crippen molar-refractivity contribution >= 4 is 68.3 Å². The van der Waals surface area contributed by atoms with Gasteiger partial charge in [-0.25, -0.2) is 19.9 Å². The summed E-state index contributed by atoms with van der Waals surface area (Å²) in [6.07, 6.45) is 5.56. The molecule has 6 aromatic heterocycles. The number of piperazine rings is 1. The molecule has 0 spiro atoms. The normalized spacial score (nSPS) is 13.0. The Kier molecular flexibility index (Phi) is 14.7. The molecule has 4 aromatic carbocycles. The number of carbonyl (C=O) groups is 2. The number of likely N-dealkylation sites (N-methyl/N-ethyl adjacent to an activating group) is 1. The fourth-order valence-electron chi connectivity index (χ4n) is 8.84. The summed E-state index contributed by atoms with van der Waals surface area (Å²) in [5.74, 6) is 1.33. The molecular formula is C56H54F3N17O2. The van der Waals surface area contributed by atoms with Gasteiger partial charge in [-0.2, -0.15) is 28.5 Å². The van der Waals surface area contributed by atoms with Gasteiger partial charge in [-0.15, -0.1) is 0 Å². The van der Waals surface area contributed by atoms with Crippen LogP contribution in [0, 0.1) is 20.8 Å². The highest BCUT2D eigenvalue weighted by Crippen LogP contribution is 2.36. The van der Waals surface area contributed by atoms with Crippen molar-refractivity contribution < 1.29 is 22.8 Å². The summed E-state index contributed by atoms with van der Waals surface area (Å²) in [4.78, 5) is 53.2. The van der Waals surface area contributed by atoms with Crippen molar-refractivity contribution in [2.75, 3.05) is 54.5 Å². The van der Waals surface area contributed by atoms with Gasteiger partial charge in [-0.05, 0) is 111 Å². The molecule has 11 rings (SSSR count). The molecular weight excluding hydrogens is 1000 g/mol. The number of pyridine rings is 1. The SMILES string of the molecule is Cc1ccc(C(=O)Nc2ccc(CN3CCN(C)CC3)c(C(F)(F)F)c2)cc1Nc1nc(-c2cccnc2)nc2c1cnn2C.Cc1cccc(NC(=O)c2ccc(C)c(Nc3nc(-c4cn[nH]c4)nc4c3cnn4C)c2)c1. The molecule has 1 fully saturated rings. The topological polar surface area (TPSA) is 218 Å². The lowest BCUT2D eigenvalue weighted by Crippen LogP contribution is -2.44. The van der Waals surface area contributed by atoms with Crippen LogP contribution in [-0.2, 0) is 26.8 Å². The molecule has 5 N–H and O–H groups in total. The van der Waals surface area contributed by atoms with Crippen molar-refractivity contribution in [2.45, 2.75) is 33.5 Å². The van der Waals surface area contributed by atoms with Gasteiger partial charge in [-0.1, -0.05) is 30.3 Å². The Morgan fingerprint density at radius 3 is 1.76 bits per heavy atom. The fourth-order valence-corrected chi connectivity index (χ4v) is 8.84. The van der Waals surface area contributed by atoms with Crippen molar-refractivity contribution in [3.8, 4) is 22.8 Å². The summed E-state index contributed by atoms with van der Waals surface area (Å²) in [5, 5.41) is 29.2. The lowest BCUT2D eigenvalue weighted by Gasteiger charge is -2.33. The van der Waals surface area contributed by atoms with Crippen LogP contribution in [0.4, 0.5) is 47.6 Å². The first kappa shape index (κ1) is 52.0. The van der Waals surface area contributed by atoms with Gasteiger partial charge in [0.2, 0.25) is 0 Å². The van der Waals surface area contributed by atoms with Crippen LogP contribution in [0.25, 0.3) is 44.8 Å². The lowest BCUT2D eigenvalue weighted by molar-refractivity contribution is -0.138. The molecule has 22 heteroatoms. The molecule has 0 radical (unpaired) electrons. The van der Waals surface area contributed by atoms with E-state index in [1.807, 2.05) is 88.3 Å². The summed E-state index contributed by atoms with van der Waals surface area (Å²) in [5.41, 5.74) is 8.11. The summed E-state index contributed by atoms with van der Waals surface area (Å²) < 4.78 is 45.6. The molecule has 1 saturated heterocycles. The van der Waals surface area contributed by atoms with Crippen molar-refractivity contribution in [2.24, 2.45) is 14.1 Å². The molecule has 0 atom stereocenters. The zero-order chi connectivity index (χ0) is 54.7. The predicted octanol–water partition coefficient (Wildman–Crippen LogP) is 9.86. The molecule has 1 aliphatic heterocycles. The van der Waals surface area contributed by atoms with Crippen molar-refractivity contribution in [1.82, 2.24) is 64.5 Å². The van der Waals surface area contributed by atoms with Gasteiger partial charge in [0.05, 0.1) is 40.5 Å². The second-order valence-electron chi connectivity index (χ2n) is 19.1. The minimum atomic E-state index is -4.56. The second-order valence-corrected chi connectivity index (χ2v) is 19.1. The number of aromatic nitrogens is 11. The van der Waals surface area contributed by atoms with E-state index in [0.29, 0.717) is 64.3 Å². The number of amides is 2. The average Bonchev–Trinajstić information content (AvgIpc) is 4.21. The summed E-state index contributed by atoms with van der Waals surface area (Å²) in [6.45, 7) is 9.04. The van der Waals surface area contributed by atoms with Gasteiger partial charge < -0.3 is 26.2 Å². The van der Waals surface area contributed by atoms with Crippen LogP contribution in [-0.4, -0.2) is 110 Å². The van der Waals surface area contributed by atoms with Gasteiger partial charge >= 0.3 is 6.18 Å². The van der Waals surface area contributed by atoms with Gasteiger partial charge in [0.15, 0.2) is 22.9 Å². The maximum atomic E-state index is 14.1.